The minimum atomic E-state index is -4.65. The van der Waals surface area contributed by atoms with Gasteiger partial charge in [0, 0.05) is 56.0 Å². The molecule has 3 amide bonds. The number of rotatable bonds is 13. The number of benzene rings is 2. The molecule has 2 aliphatic heterocycles. The Morgan fingerprint density at radius 2 is 1.67 bits per heavy atom. The Bertz CT molecular complexity index is 2360. The number of pyridine rings is 1. The summed E-state index contributed by atoms with van der Waals surface area (Å²) in [4.78, 5) is 72.2. The van der Waals surface area contributed by atoms with E-state index in [2.05, 4.69) is 27.6 Å². The van der Waals surface area contributed by atoms with Crippen molar-refractivity contribution in [3.63, 3.8) is 0 Å². The molecule has 0 bridgehead atoms. The van der Waals surface area contributed by atoms with Crippen LogP contribution in [0.25, 0.3) is 10.2 Å². The van der Waals surface area contributed by atoms with E-state index in [1.807, 2.05) is 0 Å². The molecule has 344 valence electrons. The van der Waals surface area contributed by atoms with Gasteiger partial charge in [-0.3, -0.25) is 24.1 Å². The number of nitrogens with zero attached hydrogens (tertiary/aromatic N) is 4. The van der Waals surface area contributed by atoms with Gasteiger partial charge >= 0.3 is 12.1 Å². The lowest BCUT2D eigenvalue weighted by Crippen LogP contribution is -2.60. The maximum atomic E-state index is 13.0. The number of imide groups is 1. The van der Waals surface area contributed by atoms with Crippen LogP contribution in [0, 0.1) is 11.3 Å². The number of hydrogen-bond acceptors (Lipinski definition) is 12. The second kappa shape index (κ2) is 19.8. The lowest BCUT2D eigenvalue weighted by molar-refractivity contribution is -0.141. The molecule has 8 rings (SSSR count). The minimum absolute atomic E-state index is 0.0916. The summed E-state index contributed by atoms with van der Waals surface area (Å²) in [5.74, 6) is -1.84. The van der Waals surface area contributed by atoms with Gasteiger partial charge in [0.1, 0.15) is 17.7 Å². The summed E-state index contributed by atoms with van der Waals surface area (Å²) < 4.78 is 39.8. The summed E-state index contributed by atoms with van der Waals surface area (Å²) in [5.41, 5.74) is 0.373. The van der Waals surface area contributed by atoms with Crippen LogP contribution in [0.15, 0.2) is 48.5 Å². The highest BCUT2D eigenvalue weighted by Crippen LogP contribution is 2.52. The number of carboxylic acids is 1. The maximum Gasteiger partial charge on any atom is 0.433 e. The zero-order chi connectivity index (χ0) is 46.6. The third-order valence-electron chi connectivity index (χ3n) is 12.3. The fourth-order valence-corrected chi connectivity index (χ4v) is 10.6. The molecule has 1 atom stereocenters. The highest BCUT2D eigenvalue weighted by atomic mass is 32.1. The van der Waals surface area contributed by atoms with Crippen molar-refractivity contribution in [1.29, 1.82) is 0 Å². The Kier molecular flexibility index (Phi) is 14.9. The molecular weight excluding hydrogens is 854 g/mol. The Morgan fingerprint density at radius 3 is 2.30 bits per heavy atom. The highest BCUT2D eigenvalue weighted by molar-refractivity contribution is 7.18. The third kappa shape index (κ3) is 10.8. The smallest absolute Gasteiger partial charge is 0.433 e. The van der Waals surface area contributed by atoms with Gasteiger partial charge in [-0.2, -0.15) is 13.2 Å². The molecule has 2 aromatic carbocycles. The van der Waals surface area contributed by atoms with Crippen molar-refractivity contribution in [3.05, 3.63) is 81.6 Å². The van der Waals surface area contributed by atoms with Crippen LogP contribution < -0.4 is 10.6 Å². The van der Waals surface area contributed by atoms with Crippen LogP contribution in [0.1, 0.15) is 131 Å². The van der Waals surface area contributed by atoms with Gasteiger partial charge in [-0.15, -0.1) is 11.3 Å². The molecule has 2 aliphatic carbocycles. The number of aliphatic hydroxyl groups excluding tert-OH is 1. The first-order chi connectivity index (χ1) is 30.4. The average molecular weight is 909 g/mol. The van der Waals surface area contributed by atoms with Crippen LogP contribution in [0.4, 0.5) is 24.5 Å². The highest BCUT2D eigenvalue weighted by Gasteiger charge is 2.50. The number of nitrogens with one attached hydrogen (secondary N) is 2. The van der Waals surface area contributed by atoms with Crippen LogP contribution in [0.5, 0.6) is 0 Å². The second-order valence-corrected chi connectivity index (χ2v) is 18.7. The number of anilines is 2. The number of thiazole rings is 1. The first-order valence-electron chi connectivity index (χ1n) is 21.4. The summed E-state index contributed by atoms with van der Waals surface area (Å²) in [6.45, 7) is 6.26. The van der Waals surface area contributed by atoms with E-state index < -0.39 is 47.2 Å². The average Bonchev–Trinajstić information content (AvgIpc) is 3.77. The van der Waals surface area contributed by atoms with E-state index in [-0.39, 0.29) is 29.7 Å². The van der Waals surface area contributed by atoms with E-state index in [4.69, 9.17) is 15.2 Å². The molecule has 1 saturated heterocycles. The number of halogens is 3. The van der Waals surface area contributed by atoms with Gasteiger partial charge in [-0.25, -0.2) is 9.97 Å². The standard InChI is InChI=1S/C23H24F3N3O2S.C22H27N3O5.CH4O/c1-22(2,31)14-11-17-18(32-21(29-17)13-7-4-3-5-8-13)12-16(14)28-20(30)15-9-6-10-19(27-15)23(24,25)26;1-24-12-22(13-24)9-14(10-22)7-8-23-17-4-2-3-16-19(17)21(30)25(20(16)29)15(11-26)5-6-18(27)28;1-2/h6,9-13,31H,3-5,7-8H2,1-2H3,(H,28,30);2-4,11,14-15,23H,5-10,12-13H2,1H3,(H,27,28);2H,1H3. The van der Waals surface area contributed by atoms with Gasteiger partial charge in [0.2, 0.25) is 0 Å². The Balaban J connectivity index is 0.000000205. The van der Waals surface area contributed by atoms with Crippen LogP contribution >= 0.6 is 11.3 Å². The first kappa shape index (κ1) is 48.2. The third-order valence-corrected chi connectivity index (χ3v) is 13.5. The number of hydrogen-bond donors (Lipinski definition) is 5. The molecule has 0 radical (unpaired) electrons. The van der Waals surface area contributed by atoms with Crippen LogP contribution in [0.3, 0.4) is 0 Å². The molecule has 2 aromatic heterocycles. The van der Waals surface area contributed by atoms with E-state index in [0.29, 0.717) is 47.0 Å². The fraction of sp³-hybridized carbons (Fsp3) is 0.500. The van der Waals surface area contributed by atoms with Gasteiger partial charge in [0.05, 0.1) is 38.0 Å². The van der Waals surface area contributed by atoms with Crippen LogP contribution in [-0.2, 0) is 21.4 Å². The summed E-state index contributed by atoms with van der Waals surface area (Å²) in [6.07, 6.45) is 4.76. The number of aliphatic hydroxyl groups is 2. The lowest BCUT2D eigenvalue weighted by atomic mass is 9.57. The van der Waals surface area contributed by atoms with Gasteiger partial charge in [0.25, 0.3) is 17.7 Å². The number of aliphatic carboxylic acids is 1. The number of fused-ring (bicyclic) bond motifs is 2. The number of amides is 3. The van der Waals surface area contributed by atoms with Gasteiger partial charge in [-0.05, 0) is 107 Å². The zero-order valence-corrected chi connectivity index (χ0v) is 37.2. The van der Waals surface area contributed by atoms with Gasteiger partial charge in [0.15, 0.2) is 0 Å². The molecule has 64 heavy (non-hydrogen) atoms. The molecule has 3 fully saturated rings. The summed E-state index contributed by atoms with van der Waals surface area (Å²) in [6, 6.07) is 10.6. The monoisotopic (exact) mass is 908 g/mol. The normalized spacial score (nSPS) is 17.9. The lowest BCUT2D eigenvalue weighted by Gasteiger charge is -2.58. The number of likely N-dealkylation sites (tertiary alicyclic amines) is 1. The van der Waals surface area contributed by atoms with E-state index in [0.717, 1.165) is 58.6 Å². The molecule has 4 aliphatic rings. The number of carbonyl (C=O) groups excluding carboxylic acids is 4. The number of aromatic nitrogens is 2. The zero-order valence-electron chi connectivity index (χ0n) is 36.3. The predicted molar refractivity (Wildman–Crippen MR) is 235 cm³/mol. The van der Waals surface area contributed by atoms with Crippen molar-refractivity contribution in [2.24, 2.45) is 11.3 Å². The van der Waals surface area contributed by atoms with Crippen LogP contribution in [0.2, 0.25) is 0 Å². The molecule has 14 nitrogen and oxygen atoms in total. The molecule has 18 heteroatoms. The molecular formula is C46H55F3N6O8S. The molecule has 1 spiro atoms. The van der Waals surface area contributed by atoms with Crippen molar-refractivity contribution in [3.8, 4) is 0 Å². The van der Waals surface area contributed by atoms with E-state index in [1.54, 1.807) is 55.5 Å². The van der Waals surface area contributed by atoms with E-state index in [9.17, 15) is 42.3 Å². The SMILES string of the molecule is CC(C)(O)c1cc2nc(C3CCCCC3)sc2cc1NC(=O)c1cccc(C(F)(F)F)n1.CN1CC2(CC(CCNc3cccc4c3C(=O)N(C(C=O)CCC(=O)O)C4=O)C2)C1.CO. The number of carboxylic acid groups (broad SMARTS) is 1. The van der Waals surface area contributed by atoms with Crippen molar-refractivity contribution >= 4 is 62.9 Å². The van der Waals surface area contributed by atoms with Crippen molar-refractivity contribution in [2.75, 3.05) is 44.4 Å². The molecule has 5 N–H and O–H groups in total. The largest absolute Gasteiger partial charge is 0.481 e. The maximum absolute atomic E-state index is 13.0. The second-order valence-electron chi connectivity index (χ2n) is 17.7. The number of aldehydes is 1. The van der Waals surface area contributed by atoms with Gasteiger partial charge in [-0.1, -0.05) is 31.4 Å². The molecule has 2 saturated carbocycles. The quantitative estimate of drug-likeness (QED) is 0.0647. The Morgan fingerprint density at radius 1 is 0.984 bits per heavy atom. The summed E-state index contributed by atoms with van der Waals surface area (Å²) >= 11 is 1.56. The van der Waals surface area contributed by atoms with Gasteiger partial charge < -0.3 is 35.6 Å². The number of alkyl halides is 3. The summed E-state index contributed by atoms with van der Waals surface area (Å²) in [7, 11) is 3.15. The van der Waals surface area contributed by atoms with E-state index in [1.165, 1.54) is 51.3 Å². The molecule has 4 heterocycles. The first-order valence-corrected chi connectivity index (χ1v) is 22.3. The Hall–Kier alpha value is -5.30. The van der Waals surface area contributed by atoms with Crippen molar-refractivity contribution in [1.82, 2.24) is 19.8 Å². The Labute approximate surface area is 373 Å². The molecule has 1 unspecified atom stereocenters. The minimum Gasteiger partial charge on any atom is -0.481 e. The predicted octanol–water partition coefficient (Wildman–Crippen LogP) is 7.70. The summed E-state index contributed by atoms with van der Waals surface area (Å²) in [5, 5.41) is 33.5. The van der Waals surface area contributed by atoms with Crippen LogP contribution in [-0.4, -0.2) is 105 Å². The topological polar surface area (TPSA) is 202 Å². The fourth-order valence-electron chi connectivity index (χ4n) is 9.45. The van der Waals surface area contributed by atoms with Crippen molar-refractivity contribution < 1.29 is 52.5 Å². The molecule has 4 aromatic rings. The number of carbonyl (C=O) groups is 5. The van der Waals surface area contributed by atoms with E-state index >= 15 is 0 Å². The van der Waals surface area contributed by atoms with Crippen molar-refractivity contribution in [2.45, 2.75) is 102 Å².